The number of hydrogen-bond acceptors (Lipinski definition) is 5. The molecule has 0 atom stereocenters. The van der Waals surface area contributed by atoms with Crippen molar-refractivity contribution in [3.8, 4) is 0 Å². The van der Waals surface area contributed by atoms with Crippen molar-refractivity contribution in [1.29, 1.82) is 0 Å². The van der Waals surface area contributed by atoms with E-state index in [-0.39, 0.29) is 0 Å². The number of aromatic nitrogens is 4. The van der Waals surface area contributed by atoms with Gasteiger partial charge in [0.2, 0.25) is 5.16 Å². The zero-order valence-corrected chi connectivity index (χ0v) is 11.7. The second kappa shape index (κ2) is 5.61. The lowest BCUT2D eigenvalue weighted by Gasteiger charge is -2.07. The molecule has 0 unspecified atom stereocenters. The van der Waals surface area contributed by atoms with Crippen LogP contribution >= 0.6 is 27.7 Å². The van der Waals surface area contributed by atoms with Gasteiger partial charge in [0.25, 0.3) is 0 Å². The molecule has 5 nitrogen and oxygen atoms in total. The van der Waals surface area contributed by atoms with E-state index in [2.05, 4.69) is 43.6 Å². The molecule has 0 amide bonds. The molecule has 0 spiro atoms. The van der Waals surface area contributed by atoms with Gasteiger partial charge in [0, 0.05) is 16.4 Å². The van der Waals surface area contributed by atoms with E-state index in [1.807, 2.05) is 13.1 Å². The number of aryl methyl sites for hydroxylation is 1. The molecule has 0 aliphatic carbocycles. The van der Waals surface area contributed by atoms with Crippen molar-refractivity contribution >= 4 is 27.7 Å². The third-order valence-corrected chi connectivity index (χ3v) is 3.85. The van der Waals surface area contributed by atoms with Crippen molar-refractivity contribution in [3.05, 3.63) is 28.2 Å². The Labute approximate surface area is 112 Å². The summed E-state index contributed by atoms with van der Waals surface area (Å²) in [4.78, 5) is 1.13. The highest BCUT2D eigenvalue weighted by atomic mass is 79.9. The molecule has 17 heavy (non-hydrogen) atoms. The topological polar surface area (TPSA) is 69.6 Å². The molecule has 0 saturated heterocycles. The molecule has 0 aliphatic heterocycles. The predicted molar refractivity (Wildman–Crippen MR) is 69.8 cm³/mol. The zero-order valence-electron chi connectivity index (χ0n) is 9.30. The molecule has 1 heterocycles. The first-order valence-electron chi connectivity index (χ1n) is 5.09. The van der Waals surface area contributed by atoms with Crippen LogP contribution < -0.4 is 5.73 Å². The summed E-state index contributed by atoms with van der Waals surface area (Å²) in [5.41, 5.74) is 6.82. The van der Waals surface area contributed by atoms with Crippen molar-refractivity contribution in [1.82, 2.24) is 20.2 Å². The fourth-order valence-electron chi connectivity index (χ4n) is 1.39. The highest BCUT2D eigenvalue weighted by molar-refractivity contribution is 9.10. The molecular weight excluding hydrogens is 302 g/mol. The van der Waals surface area contributed by atoms with Crippen molar-refractivity contribution in [2.75, 3.05) is 6.54 Å². The predicted octanol–water partition coefficient (Wildman–Crippen LogP) is 1.62. The van der Waals surface area contributed by atoms with Crippen molar-refractivity contribution < 1.29 is 0 Å². The lowest BCUT2D eigenvalue weighted by Crippen LogP contribution is -2.04. The first-order chi connectivity index (χ1) is 8.20. The van der Waals surface area contributed by atoms with Crippen molar-refractivity contribution in [2.45, 2.75) is 16.5 Å². The Kier molecular flexibility index (Phi) is 4.14. The maximum atomic E-state index is 5.60. The van der Waals surface area contributed by atoms with Gasteiger partial charge in [-0.1, -0.05) is 22.0 Å². The average Bonchev–Trinajstić information content (AvgIpc) is 2.69. The van der Waals surface area contributed by atoms with Crippen LogP contribution in [0.25, 0.3) is 0 Å². The molecule has 2 aromatic rings. The fraction of sp³-hybridized carbons (Fsp3) is 0.300. The van der Waals surface area contributed by atoms with Gasteiger partial charge in [0.05, 0.1) is 0 Å². The molecule has 0 radical (unpaired) electrons. The van der Waals surface area contributed by atoms with Crippen LogP contribution in [0.3, 0.4) is 0 Å². The number of hydrogen-bond donors (Lipinski definition) is 1. The van der Waals surface area contributed by atoms with Gasteiger partial charge in [0.15, 0.2) is 0 Å². The van der Waals surface area contributed by atoms with E-state index in [9.17, 15) is 0 Å². The summed E-state index contributed by atoms with van der Waals surface area (Å²) in [6.45, 7) is 0.631. The van der Waals surface area contributed by atoms with Crippen LogP contribution in [0.1, 0.15) is 5.56 Å². The van der Waals surface area contributed by atoms with Crippen LogP contribution in [0.2, 0.25) is 0 Å². The molecule has 0 bridgehead atoms. The Morgan fingerprint density at radius 3 is 2.94 bits per heavy atom. The maximum absolute atomic E-state index is 5.60. The Bertz CT molecular complexity index is 513. The van der Waals surface area contributed by atoms with Crippen LogP contribution in [-0.4, -0.2) is 26.8 Å². The largest absolute Gasteiger partial charge is 0.330 e. The molecule has 1 aromatic heterocycles. The normalized spacial score (nSPS) is 10.8. The Hall–Kier alpha value is -0.920. The summed E-state index contributed by atoms with van der Waals surface area (Å²) in [5, 5.41) is 12.2. The highest BCUT2D eigenvalue weighted by Crippen LogP contribution is 2.30. The Morgan fingerprint density at radius 2 is 2.29 bits per heavy atom. The standard InChI is InChI=1S/C10H12BrN5S/c1-16-10(13-14-15-16)17-9-6-8(11)3-2-7(9)4-5-12/h2-3,6H,4-5,12H2,1H3. The molecule has 0 aliphatic rings. The summed E-state index contributed by atoms with van der Waals surface area (Å²) in [6, 6.07) is 6.15. The number of nitrogens with zero attached hydrogens (tertiary/aromatic N) is 4. The Morgan fingerprint density at radius 1 is 1.47 bits per heavy atom. The number of tetrazole rings is 1. The van der Waals surface area contributed by atoms with Gasteiger partial charge in [-0.25, -0.2) is 4.68 Å². The minimum absolute atomic E-state index is 0.631. The van der Waals surface area contributed by atoms with Gasteiger partial charge < -0.3 is 5.73 Å². The lowest BCUT2D eigenvalue weighted by atomic mass is 10.1. The number of benzene rings is 1. The third-order valence-electron chi connectivity index (χ3n) is 2.23. The van der Waals surface area contributed by atoms with Gasteiger partial charge in [-0.15, -0.1) is 5.10 Å². The molecule has 90 valence electrons. The molecule has 1 aromatic carbocycles. The second-order valence-electron chi connectivity index (χ2n) is 3.48. The van der Waals surface area contributed by atoms with Gasteiger partial charge in [0.1, 0.15) is 0 Å². The quantitative estimate of drug-likeness (QED) is 0.929. The highest BCUT2D eigenvalue weighted by Gasteiger charge is 2.09. The number of rotatable bonds is 4. The van der Waals surface area contributed by atoms with Crippen LogP contribution in [0, 0.1) is 0 Å². The van der Waals surface area contributed by atoms with E-state index in [1.54, 1.807) is 16.4 Å². The van der Waals surface area contributed by atoms with Crippen molar-refractivity contribution in [3.63, 3.8) is 0 Å². The van der Waals surface area contributed by atoms with E-state index in [0.717, 1.165) is 20.9 Å². The second-order valence-corrected chi connectivity index (χ2v) is 5.40. The lowest BCUT2D eigenvalue weighted by molar-refractivity contribution is 0.664. The van der Waals surface area contributed by atoms with E-state index in [4.69, 9.17) is 5.73 Å². The summed E-state index contributed by atoms with van der Waals surface area (Å²) >= 11 is 5.01. The monoisotopic (exact) mass is 313 g/mol. The summed E-state index contributed by atoms with van der Waals surface area (Å²) in [6.07, 6.45) is 0.848. The molecule has 2 rings (SSSR count). The molecule has 2 N–H and O–H groups in total. The van der Waals surface area contributed by atoms with Gasteiger partial charge in [-0.05, 0) is 52.9 Å². The number of nitrogens with two attached hydrogens (primary N) is 1. The first kappa shape index (κ1) is 12.5. The van der Waals surface area contributed by atoms with Crippen LogP contribution in [0.5, 0.6) is 0 Å². The van der Waals surface area contributed by atoms with E-state index in [0.29, 0.717) is 6.54 Å². The van der Waals surface area contributed by atoms with E-state index >= 15 is 0 Å². The molecular formula is C10H12BrN5S. The minimum atomic E-state index is 0.631. The van der Waals surface area contributed by atoms with Gasteiger partial charge in [-0.3, -0.25) is 0 Å². The number of halogens is 1. The molecule has 0 saturated carbocycles. The van der Waals surface area contributed by atoms with E-state index < -0.39 is 0 Å². The fourth-order valence-corrected chi connectivity index (χ4v) is 2.83. The maximum Gasteiger partial charge on any atom is 0.213 e. The SMILES string of the molecule is Cn1nnnc1Sc1cc(Br)ccc1CCN. The third kappa shape index (κ3) is 3.05. The smallest absolute Gasteiger partial charge is 0.213 e. The molecule has 7 heteroatoms. The van der Waals surface area contributed by atoms with Crippen LogP contribution in [0.15, 0.2) is 32.7 Å². The van der Waals surface area contributed by atoms with Gasteiger partial charge in [-0.2, -0.15) is 0 Å². The van der Waals surface area contributed by atoms with Crippen LogP contribution in [0.4, 0.5) is 0 Å². The van der Waals surface area contributed by atoms with E-state index in [1.165, 1.54) is 5.56 Å². The summed E-state index contributed by atoms with van der Waals surface area (Å²) < 4.78 is 2.69. The average molecular weight is 314 g/mol. The Balaban J connectivity index is 2.30. The summed E-state index contributed by atoms with van der Waals surface area (Å²) in [7, 11) is 1.82. The van der Waals surface area contributed by atoms with Crippen LogP contribution in [-0.2, 0) is 13.5 Å². The van der Waals surface area contributed by atoms with Gasteiger partial charge >= 0.3 is 0 Å². The van der Waals surface area contributed by atoms with Crippen molar-refractivity contribution in [2.24, 2.45) is 12.8 Å². The summed E-state index contributed by atoms with van der Waals surface area (Å²) in [5.74, 6) is 0. The zero-order chi connectivity index (χ0) is 12.3. The minimum Gasteiger partial charge on any atom is -0.330 e. The molecule has 0 fully saturated rings. The first-order valence-corrected chi connectivity index (χ1v) is 6.70.